The second-order valence-electron chi connectivity index (χ2n) is 1.87. The van der Waals surface area contributed by atoms with Crippen molar-refractivity contribution in [2.75, 3.05) is 7.11 Å². The van der Waals surface area contributed by atoms with Gasteiger partial charge in [-0.3, -0.25) is 0 Å². The van der Waals surface area contributed by atoms with Crippen molar-refractivity contribution in [3.8, 4) is 5.75 Å². The van der Waals surface area contributed by atoms with Crippen molar-refractivity contribution >= 4 is 11.6 Å². The number of benzene rings is 1. The molecule has 0 fully saturated rings. The monoisotopic (exact) mass is 155 g/mol. The Balaban J connectivity index is 2.96. The van der Waals surface area contributed by atoms with E-state index >= 15 is 0 Å². The molecule has 0 N–H and O–H groups in total. The van der Waals surface area contributed by atoms with Crippen LogP contribution in [0.1, 0.15) is 5.56 Å². The van der Waals surface area contributed by atoms with Crippen LogP contribution in [0.3, 0.4) is 0 Å². The molecule has 0 saturated carbocycles. The molecule has 0 atom stereocenters. The largest absolute Gasteiger partial charge is 0.496 e. The Morgan fingerprint density at radius 2 is 2.50 bits per heavy atom. The molecule has 0 unspecified atom stereocenters. The van der Waals surface area contributed by atoms with Crippen LogP contribution in [-0.2, 0) is 5.88 Å². The van der Waals surface area contributed by atoms with Gasteiger partial charge < -0.3 is 4.74 Å². The van der Waals surface area contributed by atoms with Crippen LogP contribution in [0.15, 0.2) is 18.2 Å². The highest BCUT2D eigenvalue weighted by molar-refractivity contribution is 6.17. The molecule has 0 heterocycles. The van der Waals surface area contributed by atoms with E-state index < -0.39 is 0 Å². The van der Waals surface area contributed by atoms with Crippen LogP contribution < -0.4 is 4.74 Å². The molecule has 0 spiro atoms. The van der Waals surface area contributed by atoms with Crippen molar-refractivity contribution < 1.29 is 4.74 Å². The number of hydrogen-bond donors (Lipinski definition) is 0. The maximum absolute atomic E-state index is 5.62. The van der Waals surface area contributed by atoms with Gasteiger partial charge in [0.25, 0.3) is 0 Å². The zero-order valence-electron chi connectivity index (χ0n) is 5.73. The molecule has 1 rings (SSSR count). The van der Waals surface area contributed by atoms with E-state index in [0.717, 1.165) is 11.3 Å². The fourth-order valence-electron chi connectivity index (χ4n) is 0.748. The van der Waals surface area contributed by atoms with Crippen molar-refractivity contribution in [2.45, 2.75) is 5.88 Å². The molecule has 1 aromatic carbocycles. The number of halogens is 1. The average Bonchev–Trinajstić information content (AvgIpc) is 2.04. The fourth-order valence-corrected chi connectivity index (χ4v) is 0.969. The van der Waals surface area contributed by atoms with Gasteiger partial charge in [-0.05, 0) is 12.1 Å². The van der Waals surface area contributed by atoms with Gasteiger partial charge in [0.05, 0.1) is 13.0 Å². The van der Waals surface area contributed by atoms with Gasteiger partial charge in [0.2, 0.25) is 0 Å². The lowest BCUT2D eigenvalue weighted by Crippen LogP contribution is -1.87. The summed E-state index contributed by atoms with van der Waals surface area (Å²) in [5.41, 5.74) is 1.00. The third kappa shape index (κ3) is 1.42. The molecule has 1 aromatic rings. The van der Waals surface area contributed by atoms with Gasteiger partial charge in [-0.15, -0.1) is 11.6 Å². The number of methoxy groups -OCH3 is 1. The maximum atomic E-state index is 5.62. The Kier molecular flexibility index (Phi) is 2.57. The molecule has 0 aliphatic heterocycles. The van der Waals surface area contributed by atoms with E-state index in [9.17, 15) is 0 Å². The lowest BCUT2D eigenvalue weighted by atomic mass is 10.2. The molecular formula is C8H8ClO. The Hall–Kier alpha value is -0.690. The van der Waals surface area contributed by atoms with Crippen LogP contribution in [0.5, 0.6) is 5.75 Å². The molecular weight excluding hydrogens is 148 g/mol. The van der Waals surface area contributed by atoms with Crippen LogP contribution in [0, 0.1) is 6.07 Å². The molecule has 0 aromatic heterocycles. The predicted octanol–water partition coefficient (Wildman–Crippen LogP) is 2.23. The summed E-state index contributed by atoms with van der Waals surface area (Å²) in [5, 5.41) is 0. The van der Waals surface area contributed by atoms with Crippen LogP contribution in [0.2, 0.25) is 0 Å². The molecule has 1 nitrogen and oxygen atoms in total. The first-order chi connectivity index (χ1) is 4.88. The lowest BCUT2D eigenvalue weighted by molar-refractivity contribution is 0.411. The van der Waals surface area contributed by atoms with E-state index in [2.05, 4.69) is 6.07 Å². The second kappa shape index (κ2) is 3.47. The molecule has 10 heavy (non-hydrogen) atoms. The summed E-state index contributed by atoms with van der Waals surface area (Å²) in [4.78, 5) is 0. The van der Waals surface area contributed by atoms with Gasteiger partial charge in [0, 0.05) is 5.56 Å². The first kappa shape index (κ1) is 7.42. The van der Waals surface area contributed by atoms with Crippen LogP contribution >= 0.6 is 11.6 Å². The van der Waals surface area contributed by atoms with Gasteiger partial charge in [-0.1, -0.05) is 12.1 Å². The maximum Gasteiger partial charge on any atom is 0.123 e. The van der Waals surface area contributed by atoms with Gasteiger partial charge in [0.15, 0.2) is 0 Å². The van der Waals surface area contributed by atoms with Crippen LogP contribution in [-0.4, -0.2) is 7.11 Å². The topological polar surface area (TPSA) is 9.23 Å². The summed E-state index contributed by atoms with van der Waals surface area (Å²) in [7, 11) is 1.62. The molecule has 0 aliphatic carbocycles. The Morgan fingerprint density at radius 3 is 3.00 bits per heavy atom. The van der Waals surface area contributed by atoms with Crippen molar-refractivity contribution in [1.29, 1.82) is 0 Å². The molecule has 0 amide bonds. The summed E-state index contributed by atoms with van der Waals surface area (Å²) in [6.07, 6.45) is 0. The van der Waals surface area contributed by atoms with E-state index in [1.807, 2.05) is 12.1 Å². The highest BCUT2D eigenvalue weighted by Crippen LogP contribution is 2.18. The van der Waals surface area contributed by atoms with E-state index in [1.54, 1.807) is 13.2 Å². The van der Waals surface area contributed by atoms with Crippen LogP contribution in [0.4, 0.5) is 0 Å². The van der Waals surface area contributed by atoms with E-state index in [1.165, 1.54) is 0 Å². The second-order valence-corrected chi connectivity index (χ2v) is 2.14. The first-order valence-electron chi connectivity index (χ1n) is 2.97. The number of hydrogen-bond acceptors (Lipinski definition) is 1. The van der Waals surface area contributed by atoms with Crippen LogP contribution in [0.25, 0.3) is 0 Å². The van der Waals surface area contributed by atoms with Gasteiger partial charge in [-0.2, -0.15) is 0 Å². The molecule has 2 heteroatoms. The smallest absolute Gasteiger partial charge is 0.123 e. The minimum absolute atomic E-state index is 0.484. The predicted molar refractivity (Wildman–Crippen MR) is 41.4 cm³/mol. The summed E-state index contributed by atoms with van der Waals surface area (Å²) < 4.78 is 5.02. The van der Waals surface area contributed by atoms with E-state index in [-0.39, 0.29) is 0 Å². The lowest BCUT2D eigenvalue weighted by Gasteiger charge is -2.02. The highest BCUT2D eigenvalue weighted by atomic mass is 35.5. The molecule has 1 radical (unpaired) electrons. The SMILES string of the molecule is COc1c[c]ccc1CCl. The molecule has 0 saturated heterocycles. The molecule has 0 aliphatic rings. The minimum Gasteiger partial charge on any atom is -0.496 e. The van der Waals surface area contributed by atoms with E-state index in [0.29, 0.717) is 5.88 Å². The van der Waals surface area contributed by atoms with Gasteiger partial charge in [-0.25, -0.2) is 0 Å². The summed E-state index contributed by atoms with van der Waals surface area (Å²) in [5.74, 6) is 1.29. The summed E-state index contributed by atoms with van der Waals surface area (Å²) in [6, 6.07) is 8.39. The molecule has 53 valence electrons. The summed E-state index contributed by atoms with van der Waals surface area (Å²) >= 11 is 5.62. The third-order valence-corrected chi connectivity index (χ3v) is 1.56. The zero-order chi connectivity index (χ0) is 7.40. The van der Waals surface area contributed by atoms with E-state index in [4.69, 9.17) is 16.3 Å². The molecule has 0 bridgehead atoms. The Bertz CT molecular complexity index is 187. The number of ether oxygens (including phenoxy) is 1. The fraction of sp³-hybridized carbons (Fsp3) is 0.250. The van der Waals surface area contributed by atoms with Crippen molar-refractivity contribution in [1.82, 2.24) is 0 Å². The zero-order valence-corrected chi connectivity index (χ0v) is 6.48. The first-order valence-corrected chi connectivity index (χ1v) is 3.51. The Morgan fingerprint density at radius 1 is 1.70 bits per heavy atom. The Labute approximate surface area is 65.6 Å². The highest BCUT2D eigenvalue weighted by Gasteiger charge is 1.97. The van der Waals surface area contributed by atoms with Crippen molar-refractivity contribution in [3.05, 3.63) is 29.8 Å². The quantitative estimate of drug-likeness (QED) is 0.596. The van der Waals surface area contributed by atoms with Crippen molar-refractivity contribution in [2.24, 2.45) is 0 Å². The number of alkyl halides is 1. The minimum atomic E-state index is 0.484. The van der Waals surface area contributed by atoms with Gasteiger partial charge in [0.1, 0.15) is 5.75 Å². The summed E-state index contributed by atoms with van der Waals surface area (Å²) in [6.45, 7) is 0. The van der Waals surface area contributed by atoms with Gasteiger partial charge >= 0.3 is 0 Å². The van der Waals surface area contributed by atoms with Crippen molar-refractivity contribution in [3.63, 3.8) is 0 Å². The normalized spacial score (nSPS) is 9.40. The average molecular weight is 156 g/mol. The number of rotatable bonds is 2. The standard InChI is InChI=1S/C8H8ClO/c1-10-8-5-3-2-4-7(8)6-9/h2,4-5H,6H2,1H3. The third-order valence-electron chi connectivity index (χ3n) is 1.28.